The Kier molecular flexibility index (Phi) is 6.00. The highest BCUT2D eigenvalue weighted by molar-refractivity contribution is 5.97. The van der Waals surface area contributed by atoms with Crippen molar-refractivity contribution in [3.63, 3.8) is 0 Å². The Morgan fingerprint density at radius 1 is 1.12 bits per heavy atom. The first-order valence-electron chi connectivity index (χ1n) is 5.98. The number of ketones is 1. The van der Waals surface area contributed by atoms with Gasteiger partial charge in [0, 0.05) is 12.0 Å². The quantitative estimate of drug-likeness (QED) is 0.414. The molecule has 0 atom stereocenters. The number of esters is 1. The molecule has 0 aromatic heterocycles. The van der Waals surface area contributed by atoms with E-state index in [1.165, 1.54) is 0 Å². The SMILES string of the molecule is CCCCOC(=O)CCC(=O)c1ccccc1. The second-order valence-electron chi connectivity index (χ2n) is 3.86. The summed E-state index contributed by atoms with van der Waals surface area (Å²) in [5.74, 6) is -0.305. The first-order chi connectivity index (χ1) is 8.24. The molecule has 1 aromatic carbocycles. The predicted molar refractivity (Wildman–Crippen MR) is 65.9 cm³/mol. The average Bonchev–Trinajstić information content (AvgIpc) is 2.37. The van der Waals surface area contributed by atoms with Gasteiger partial charge in [0.05, 0.1) is 13.0 Å². The zero-order valence-electron chi connectivity index (χ0n) is 10.1. The number of ether oxygens (including phenoxy) is 1. The van der Waals surface area contributed by atoms with Crippen molar-refractivity contribution in [1.82, 2.24) is 0 Å². The number of hydrogen-bond acceptors (Lipinski definition) is 3. The van der Waals surface area contributed by atoms with Crippen molar-refractivity contribution < 1.29 is 14.3 Å². The van der Waals surface area contributed by atoms with Crippen molar-refractivity contribution >= 4 is 11.8 Å². The van der Waals surface area contributed by atoms with Gasteiger partial charge < -0.3 is 4.74 Å². The normalized spacial score (nSPS) is 9.94. The molecule has 0 amide bonds. The molecule has 0 fully saturated rings. The van der Waals surface area contributed by atoms with Gasteiger partial charge in [0.25, 0.3) is 0 Å². The largest absolute Gasteiger partial charge is 0.466 e. The number of hydrogen-bond donors (Lipinski definition) is 0. The molecule has 0 heterocycles. The van der Waals surface area contributed by atoms with Gasteiger partial charge in [-0.2, -0.15) is 0 Å². The van der Waals surface area contributed by atoms with E-state index in [0.29, 0.717) is 12.2 Å². The van der Waals surface area contributed by atoms with Crippen LogP contribution in [0.5, 0.6) is 0 Å². The van der Waals surface area contributed by atoms with Gasteiger partial charge in [0.2, 0.25) is 0 Å². The molecule has 1 rings (SSSR count). The first-order valence-corrected chi connectivity index (χ1v) is 5.98. The van der Waals surface area contributed by atoms with Gasteiger partial charge in [0.15, 0.2) is 5.78 Å². The van der Waals surface area contributed by atoms with Gasteiger partial charge in [-0.05, 0) is 6.42 Å². The van der Waals surface area contributed by atoms with Gasteiger partial charge >= 0.3 is 5.97 Å². The minimum Gasteiger partial charge on any atom is -0.466 e. The van der Waals surface area contributed by atoms with Crippen LogP contribution in [0.2, 0.25) is 0 Å². The van der Waals surface area contributed by atoms with Crippen molar-refractivity contribution in [1.29, 1.82) is 0 Å². The third kappa shape index (κ3) is 5.29. The van der Waals surface area contributed by atoms with Gasteiger partial charge in [-0.1, -0.05) is 43.7 Å². The fourth-order valence-corrected chi connectivity index (χ4v) is 1.39. The molecule has 0 radical (unpaired) electrons. The molecule has 0 spiro atoms. The molecular weight excluding hydrogens is 216 g/mol. The Hall–Kier alpha value is -1.64. The Morgan fingerprint density at radius 3 is 2.47 bits per heavy atom. The minimum atomic E-state index is -0.289. The van der Waals surface area contributed by atoms with Crippen LogP contribution in [0.4, 0.5) is 0 Å². The van der Waals surface area contributed by atoms with E-state index < -0.39 is 0 Å². The summed E-state index contributed by atoms with van der Waals surface area (Å²) < 4.78 is 4.98. The summed E-state index contributed by atoms with van der Waals surface area (Å²) in [6, 6.07) is 8.99. The van der Waals surface area contributed by atoms with E-state index in [4.69, 9.17) is 4.74 Å². The van der Waals surface area contributed by atoms with E-state index >= 15 is 0 Å². The van der Waals surface area contributed by atoms with Crippen LogP contribution < -0.4 is 0 Å². The molecule has 0 saturated carbocycles. The first kappa shape index (κ1) is 13.4. The van der Waals surface area contributed by atoms with Crippen molar-refractivity contribution in [2.24, 2.45) is 0 Å². The molecule has 0 aliphatic heterocycles. The molecule has 0 N–H and O–H groups in total. The van der Waals surface area contributed by atoms with Gasteiger partial charge in [-0.25, -0.2) is 0 Å². The number of benzene rings is 1. The predicted octanol–water partition coefficient (Wildman–Crippen LogP) is 2.99. The lowest BCUT2D eigenvalue weighted by atomic mass is 10.1. The standard InChI is InChI=1S/C14H18O3/c1-2-3-11-17-14(16)10-9-13(15)12-7-5-4-6-8-12/h4-8H,2-3,9-11H2,1H3. The lowest BCUT2D eigenvalue weighted by Gasteiger charge is -2.03. The topological polar surface area (TPSA) is 43.4 Å². The number of carbonyl (C=O) groups is 2. The van der Waals surface area contributed by atoms with Crippen LogP contribution in [0.25, 0.3) is 0 Å². The summed E-state index contributed by atoms with van der Waals surface area (Å²) in [6.07, 6.45) is 2.25. The molecule has 0 aliphatic carbocycles. The Bertz CT molecular complexity index is 357. The molecule has 0 bridgehead atoms. The maximum Gasteiger partial charge on any atom is 0.306 e. The highest BCUT2D eigenvalue weighted by atomic mass is 16.5. The van der Waals surface area contributed by atoms with E-state index in [2.05, 4.69) is 0 Å². The lowest BCUT2D eigenvalue weighted by Crippen LogP contribution is -2.08. The summed E-state index contributed by atoms with van der Waals surface area (Å²) in [7, 11) is 0. The molecule has 17 heavy (non-hydrogen) atoms. The zero-order chi connectivity index (χ0) is 12.5. The number of unbranched alkanes of at least 4 members (excludes halogenated alkanes) is 1. The Morgan fingerprint density at radius 2 is 1.82 bits per heavy atom. The van der Waals surface area contributed by atoms with Crippen LogP contribution >= 0.6 is 0 Å². The highest BCUT2D eigenvalue weighted by Crippen LogP contribution is 2.05. The third-order valence-electron chi connectivity index (χ3n) is 2.41. The maximum absolute atomic E-state index is 11.7. The van der Waals surface area contributed by atoms with Crippen LogP contribution in [-0.2, 0) is 9.53 Å². The van der Waals surface area contributed by atoms with Crippen LogP contribution in [0.3, 0.4) is 0 Å². The van der Waals surface area contributed by atoms with Crippen LogP contribution in [0, 0.1) is 0 Å². The summed E-state index contributed by atoms with van der Waals surface area (Å²) in [6.45, 7) is 2.49. The van der Waals surface area contributed by atoms with Crippen LogP contribution in [-0.4, -0.2) is 18.4 Å². The average molecular weight is 234 g/mol. The van der Waals surface area contributed by atoms with Gasteiger partial charge in [-0.15, -0.1) is 0 Å². The number of Topliss-reactive ketones (excluding diaryl/α,β-unsaturated/α-hetero) is 1. The second kappa shape index (κ2) is 7.60. The van der Waals surface area contributed by atoms with Crippen molar-refractivity contribution in [3.05, 3.63) is 35.9 Å². The Balaban J connectivity index is 2.26. The van der Waals surface area contributed by atoms with E-state index in [0.717, 1.165) is 12.8 Å². The fraction of sp³-hybridized carbons (Fsp3) is 0.429. The highest BCUT2D eigenvalue weighted by Gasteiger charge is 2.09. The van der Waals surface area contributed by atoms with Gasteiger partial charge in [-0.3, -0.25) is 9.59 Å². The summed E-state index contributed by atoms with van der Waals surface area (Å²) in [4.78, 5) is 23.0. The molecule has 3 nitrogen and oxygen atoms in total. The fourth-order valence-electron chi connectivity index (χ4n) is 1.39. The van der Waals surface area contributed by atoms with Crippen molar-refractivity contribution in [3.8, 4) is 0 Å². The second-order valence-corrected chi connectivity index (χ2v) is 3.86. The molecule has 0 saturated heterocycles. The monoisotopic (exact) mass is 234 g/mol. The van der Waals surface area contributed by atoms with E-state index in [9.17, 15) is 9.59 Å². The number of carbonyl (C=O) groups excluding carboxylic acids is 2. The van der Waals surface area contributed by atoms with Gasteiger partial charge in [0.1, 0.15) is 0 Å². The maximum atomic E-state index is 11.7. The molecule has 0 unspecified atom stereocenters. The molecule has 1 aromatic rings. The molecule has 92 valence electrons. The molecular formula is C14H18O3. The van der Waals surface area contributed by atoms with Crippen molar-refractivity contribution in [2.45, 2.75) is 32.6 Å². The smallest absolute Gasteiger partial charge is 0.306 e. The molecule has 3 heteroatoms. The minimum absolute atomic E-state index is 0.0157. The van der Waals surface area contributed by atoms with E-state index in [1.54, 1.807) is 12.1 Å². The summed E-state index contributed by atoms with van der Waals surface area (Å²) in [5, 5.41) is 0. The summed E-state index contributed by atoms with van der Waals surface area (Å²) in [5.41, 5.74) is 0.647. The van der Waals surface area contributed by atoms with Crippen LogP contribution in [0.1, 0.15) is 43.0 Å². The van der Waals surface area contributed by atoms with E-state index in [1.807, 2.05) is 25.1 Å². The Labute approximate surface area is 102 Å². The van der Waals surface area contributed by atoms with Crippen molar-refractivity contribution in [2.75, 3.05) is 6.61 Å². The molecule has 0 aliphatic rings. The van der Waals surface area contributed by atoms with Crippen LogP contribution in [0.15, 0.2) is 30.3 Å². The van der Waals surface area contributed by atoms with E-state index in [-0.39, 0.29) is 24.6 Å². The zero-order valence-corrected chi connectivity index (χ0v) is 10.1. The third-order valence-corrected chi connectivity index (χ3v) is 2.41. The number of rotatable bonds is 7. The lowest BCUT2D eigenvalue weighted by molar-refractivity contribution is -0.143. The summed E-state index contributed by atoms with van der Waals surface area (Å²) >= 11 is 0.